The Morgan fingerprint density at radius 3 is 2.77 bits per heavy atom. The molecule has 0 atom stereocenters. The van der Waals surface area contributed by atoms with E-state index in [0.717, 1.165) is 21.3 Å². The van der Waals surface area contributed by atoms with Crippen LogP contribution in [0.15, 0.2) is 63.7 Å². The van der Waals surface area contributed by atoms with Gasteiger partial charge in [-0.3, -0.25) is 0 Å². The molecule has 22 heavy (non-hydrogen) atoms. The summed E-state index contributed by atoms with van der Waals surface area (Å²) < 4.78 is 11.2. The molecule has 1 aliphatic rings. The quantitative estimate of drug-likeness (QED) is 0.619. The fourth-order valence-corrected chi connectivity index (χ4v) is 2.50. The molecule has 0 N–H and O–H groups in total. The van der Waals surface area contributed by atoms with Crippen molar-refractivity contribution >= 4 is 33.9 Å². The first-order chi connectivity index (χ1) is 10.7. The van der Waals surface area contributed by atoms with E-state index in [1.54, 1.807) is 13.2 Å². The molecule has 0 amide bonds. The highest BCUT2D eigenvalue weighted by atomic mass is 79.9. The summed E-state index contributed by atoms with van der Waals surface area (Å²) in [5, 5.41) is 0. The highest BCUT2D eigenvalue weighted by Gasteiger charge is 2.25. The van der Waals surface area contributed by atoms with Crippen LogP contribution < -0.4 is 4.74 Å². The average molecular weight is 358 g/mol. The Kier molecular flexibility index (Phi) is 4.06. The molecule has 0 aromatic heterocycles. The number of hydrogen-bond donors (Lipinski definition) is 0. The number of aliphatic imine (C=N–C) groups is 1. The number of benzene rings is 2. The molecule has 1 heterocycles. The standard InChI is InChI=1S/C17H12BrNO3/c1-21-12-6-4-5-11(9-12)10-15-17(20)22-16(19-15)13-7-2-3-8-14(13)18/h2-10H,1H3/b15-10+. The van der Waals surface area contributed by atoms with Crippen LogP contribution in [0.3, 0.4) is 0 Å². The summed E-state index contributed by atoms with van der Waals surface area (Å²) in [6.07, 6.45) is 1.68. The Morgan fingerprint density at radius 2 is 2.00 bits per heavy atom. The third kappa shape index (κ3) is 2.94. The van der Waals surface area contributed by atoms with Crippen molar-refractivity contribution in [2.24, 2.45) is 4.99 Å². The Balaban J connectivity index is 1.96. The number of ether oxygens (including phenoxy) is 2. The second-order valence-corrected chi connectivity index (χ2v) is 5.45. The van der Waals surface area contributed by atoms with Gasteiger partial charge in [-0.15, -0.1) is 0 Å². The van der Waals surface area contributed by atoms with E-state index in [-0.39, 0.29) is 5.70 Å². The van der Waals surface area contributed by atoms with E-state index < -0.39 is 5.97 Å². The second kappa shape index (κ2) is 6.15. The Morgan fingerprint density at radius 1 is 1.18 bits per heavy atom. The molecule has 0 spiro atoms. The number of rotatable bonds is 3. The maximum Gasteiger partial charge on any atom is 0.363 e. The van der Waals surface area contributed by atoms with E-state index in [2.05, 4.69) is 20.9 Å². The fraction of sp³-hybridized carbons (Fsp3) is 0.0588. The lowest BCUT2D eigenvalue weighted by atomic mass is 10.2. The maximum absolute atomic E-state index is 12.0. The smallest absolute Gasteiger partial charge is 0.363 e. The number of halogens is 1. The van der Waals surface area contributed by atoms with Crippen molar-refractivity contribution in [2.45, 2.75) is 0 Å². The molecule has 0 fully saturated rings. The second-order valence-electron chi connectivity index (χ2n) is 4.59. The van der Waals surface area contributed by atoms with Crippen LogP contribution in [0, 0.1) is 0 Å². The molecular formula is C17H12BrNO3. The van der Waals surface area contributed by atoms with Crippen LogP contribution in [-0.2, 0) is 9.53 Å². The number of nitrogens with zero attached hydrogens (tertiary/aromatic N) is 1. The van der Waals surface area contributed by atoms with Gasteiger partial charge in [-0.1, -0.05) is 24.3 Å². The number of cyclic esters (lactones) is 1. The van der Waals surface area contributed by atoms with Gasteiger partial charge >= 0.3 is 5.97 Å². The lowest BCUT2D eigenvalue weighted by Crippen LogP contribution is -2.05. The molecule has 0 unspecified atom stereocenters. The lowest BCUT2D eigenvalue weighted by Gasteiger charge is -2.01. The summed E-state index contributed by atoms with van der Waals surface area (Å²) in [7, 11) is 1.60. The van der Waals surface area contributed by atoms with Gasteiger partial charge in [0.2, 0.25) is 5.90 Å². The van der Waals surface area contributed by atoms with Gasteiger partial charge in [0.15, 0.2) is 5.70 Å². The summed E-state index contributed by atoms with van der Waals surface area (Å²) >= 11 is 3.42. The average Bonchev–Trinajstić information content (AvgIpc) is 2.89. The molecule has 0 saturated heterocycles. The van der Waals surface area contributed by atoms with E-state index in [0.29, 0.717) is 5.90 Å². The molecule has 110 valence electrons. The number of hydrogen-bond acceptors (Lipinski definition) is 4. The van der Waals surface area contributed by atoms with Crippen molar-refractivity contribution in [3.8, 4) is 5.75 Å². The predicted molar refractivity (Wildman–Crippen MR) is 87.7 cm³/mol. The van der Waals surface area contributed by atoms with Crippen molar-refractivity contribution in [3.05, 3.63) is 69.8 Å². The Labute approximate surface area is 136 Å². The molecule has 0 aliphatic carbocycles. The van der Waals surface area contributed by atoms with Crippen LogP contribution in [0.4, 0.5) is 0 Å². The Bertz CT molecular complexity index is 796. The molecule has 4 nitrogen and oxygen atoms in total. The van der Waals surface area contributed by atoms with Gasteiger partial charge in [0.05, 0.1) is 12.7 Å². The van der Waals surface area contributed by atoms with Crippen molar-refractivity contribution in [1.29, 1.82) is 0 Å². The zero-order chi connectivity index (χ0) is 15.5. The van der Waals surface area contributed by atoms with E-state index >= 15 is 0 Å². The number of esters is 1. The van der Waals surface area contributed by atoms with Crippen LogP contribution in [0.5, 0.6) is 5.75 Å². The van der Waals surface area contributed by atoms with Crippen LogP contribution >= 0.6 is 15.9 Å². The largest absolute Gasteiger partial charge is 0.497 e. The summed E-state index contributed by atoms with van der Waals surface area (Å²) in [4.78, 5) is 16.3. The Hall–Kier alpha value is -2.40. The SMILES string of the molecule is COc1cccc(/C=C2/N=C(c3ccccc3Br)OC2=O)c1. The molecule has 2 aromatic rings. The monoisotopic (exact) mass is 357 g/mol. The first kappa shape index (κ1) is 14.5. The van der Waals surface area contributed by atoms with Crippen LogP contribution in [0.25, 0.3) is 6.08 Å². The predicted octanol–water partition coefficient (Wildman–Crippen LogP) is 3.80. The van der Waals surface area contributed by atoms with Crippen LogP contribution in [0.2, 0.25) is 0 Å². The van der Waals surface area contributed by atoms with Gasteiger partial charge < -0.3 is 9.47 Å². The van der Waals surface area contributed by atoms with Crippen LogP contribution in [0.1, 0.15) is 11.1 Å². The highest BCUT2D eigenvalue weighted by Crippen LogP contribution is 2.24. The van der Waals surface area contributed by atoms with Gasteiger partial charge in [-0.25, -0.2) is 9.79 Å². The third-order valence-electron chi connectivity index (χ3n) is 3.12. The molecule has 3 rings (SSSR count). The summed E-state index contributed by atoms with van der Waals surface area (Å²) in [6.45, 7) is 0. The molecule has 5 heteroatoms. The van der Waals surface area contributed by atoms with Gasteiger partial charge in [-0.05, 0) is 51.8 Å². The summed E-state index contributed by atoms with van der Waals surface area (Å²) in [6, 6.07) is 14.8. The minimum absolute atomic E-state index is 0.263. The van der Waals surface area contributed by atoms with E-state index in [1.165, 1.54) is 0 Å². The zero-order valence-electron chi connectivity index (χ0n) is 11.7. The van der Waals surface area contributed by atoms with E-state index in [1.807, 2.05) is 48.5 Å². The first-order valence-corrected chi connectivity index (χ1v) is 7.38. The molecule has 0 radical (unpaired) electrons. The van der Waals surface area contributed by atoms with Gasteiger partial charge in [0, 0.05) is 4.47 Å². The minimum atomic E-state index is -0.464. The van der Waals surface area contributed by atoms with E-state index in [4.69, 9.17) is 9.47 Å². The molecule has 1 aliphatic heterocycles. The highest BCUT2D eigenvalue weighted by molar-refractivity contribution is 9.10. The number of carbonyl (C=O) groups excluding carboxylic acids is 1. The third-order valence-corrected chi connectivity index (χ3v) is 3.81. The topological polar surface area (TPSA) is 47.9 Å². The van der Waals surface area contributed by atoms with Crippen molar-refractivity contribution in [3.63, 3.8) is 0 Å². The lowest BCUT2D eigenvalue weighted by molar-refractivity contribution is -0.129. The van der Waals surface area contributed by atoms with Crippen LogP contribution in [-0.4, -0.2) is 19.0 Å². The summed E-state index contributed by atoms with van der Waals surface area (Å²) in [5.41, 5.74) is 1.83. The van der Waals surface area contributed by atoms with Crippen molar-refractivity contribution < 1.29 is 14.3 Å². The molecule has 0 saturated carbocycles. The van der Waals surface area contributed by atoms with Gasteiger partial charge in [0.1, 0.15) is 5.75 Å². The molecule has 0 bridgehead atoms. The van der Waals surface area contributed by atoms with Crippen molar-refractivity contribution in [2.75, 3.05) is 7.11 Å². The molecule has 2 aromatic carbocycles. The zero-order valence-corrected chi connectivity index (χ0v) is 13.3. The number of methoxy groups -OCH3 is 1. The first-order valence-electron chi connectivity index (χ1n) is 6.59. The maximum atomic E-state index is 12.0. The fourth-order valence-electron chi connectivity index (χ4n) is 2.05. The van der Waals surface area contributed by atoms with Gasteiger partial charge in [0.25, 0.3) is 0 Å². The minimum Gasteiger partial charge on any atom is -0.497 e. The summed E-state index contributed by atoms with van der Waals surface area (Å²) in [5.74, 6) is 0.552. The normalized spacial score (nSPS) is 15.6. The van der Waals surface area contributed by atoms with Crippen molar-refractivity contribution in [1.82, 2.24) is 0 Å². The van der Waals surface area contributed by atoms with E-state index in [9.17, 15) is 4.79 Å². The van der Waals surface area contributed by atoms with Gasteiger partial charge in [-0.2, -0.15) is 0 Å². The molecular weight excluding hydrogens is 346 g/mol. The number of carbonyl (C=O) groups is 1.